The summed E-state index contributed by atoms with van der Waals surface area (Å²) in [5, 5.41) is 10.2. The van der Waals surface area contributed by atoms with Crippen LogP contribution in [0.15, 0.2) is 30.3 Å². The molecule has 2 rings (SSSR count). The summed E-state index contributed by atoms with van der Waals surface area (Å²) in [7, 11) is 0. The van der Waals surface area contributed by atoms with Crippen molar-refractivity contribution < 1.29 is 9.84 Å². The monoisotopic (exact) mass is 206 g/mol. The molecule has 2 atom stereocenters. The third-order valence-electron chi connectivity index (χ3n) is 3.22. The average molecular weight is 206 g/mol. The van der Waals surface area contributed by atoms with E-state index in [9.17, 15) is 5.11 Å². The van der Waals surface area contributed by atoms with E-state index in [1.165, 1.54) is 5.56 Å². The molecule has 1 aromatic rings. The van der Waals surface area contributed by atoms with Crippen LogP contribution in [0.1, 0.15) is 31.7 Å². The third-order valence-corrected chi connectivity index (χ3v) is 3.22. The molecule has 1 saturated heterocycles. The van der Waals surface area contributed by atoms with E-state index in [1.807, 2.05) is 32.0 Å². The Hall–Kier alpha value is -0.860. The second-order valence-corrected chi connectivity index (χ2v) is 4.70. The first kappa shape index (κ1) is 10.7. The predicted octanol–water partition coefficient (Wildman–Crippen LogP) is 2.33. The van der Waals surface area contributed by atoms with Gasteiger partial charge in [0.05, 0.1) is 11.7 Å². The lowest BCUT2D eigenvalue weighted by Gasteiger charge is -2.40. The molecule has 0 unspecified atom stereocenters. The van der Waals surface area contributed by atoms with Gasteiger partial charge >= 0.3 is 0 Å². The Morgan fingerprint density at radius 3 is 2.60 bits per heavy atom. The van der Waals surface area contributed by atoms with Crippen LogP contribution in [0.4, 0.5) is 0 Å². The van der Waals surface area contributed by atoms with Crippen molar-refractivity contribution in [2.24, 2.45) is 0 Å². The standard InChI is InChI=1S/C13H18O2/c1-13(2)12(14)11(8-9-15-13)10-6-4-3-5-7-10/h3-7,11-12,14H,8-9H2,1-2H3/t11-,12+/m1/s1. The number of aliphatic hydroxyl groups excluding tert-OH is 1. The Bertz CT molecular complexity index is 319. The first-order valence-electron chi connectivity index (χ1n) is 5.48. The molecule has 2 nitrogen and oxygen atoms in total. The summed E-state index contributed by atoms with van der Waals surface area (Å²) in [4.78, 5) is 0. The Labute approximate surface area is 90.9 Å². The minimum absolute atomic E-state index is 0.204. The molecule has 0 spiro atoms. The van der Waals surface area contributed by atoms with Crippen molar-refractivity contribution in [2.45, 2.75) is 37.9 Å². The highest BCUT2D eigenvalue weighted by Gasteiger charge is 2.39. The lowest BCUT2D eigenvalue weighted by molar-refractivity contribution is -0.142. The summed E-state index contributed by atoms with van der Waals surface area (Å²) >= 11 is 0. The molecule has 0 amide bonds. The molecule has 1 heterocycles. The van der Waals surface area contributed by atoms with Crippen LogP contribution in [0, 0.1) is 0 Å². The van der Waals surface area contributed by atoms with Crippen molar-refractivity contribution in [2.75, 3.05) is 6.61 Å². The SMILES string of the molecule is CC1(C)OCC[C@H](c2ccccc2)[C@@H]1O. The van der Waals surface area contributed by atoms with Gasteiger partial charge in [0.1, 0.15) is 0 Å². The molecular formula is C13H18O2. The van der Waals surface area contributed by atoms with Gasteiger partial charge in [-0.2, -0.15) is 0 Å². The third kappa shape index (κ3) is 2.06. The molecule has 15 heavy (non-hydrogen) atoms. The molecule has 1 fully saturated rings. The van der Waals surface area contributed by atoms with Gasteiger partial charge in [-0.25, -0.2) is 0 Å². The summed E-state index contributed by atoms with van der Waals surface area (Å²) in [6.07, 6.45) is 0.475. The molecule has 82 valence electrons. The normalized spacial score (nSPS) is 30.1. The number of benzene rings is 1. The Morgan fingerprint density at radius 2 is 1.93 bits per heavy atom. The van der Waals surface area contributed by atoms with Gasteiger partial charge < -0.3 is 9.84 Å². The van der Waals surface area contributed by atoms with E-state index in [2.05, 4.69) is 12.1 Å². The Balaban J connectivity index is 2.23. The minimum atomic E-state index is -0.432. The average Bonchev–Trinajstić information content (AvgIpc) is 2.23. The Morgan fingerprint density at radius 1 is 1.27 bits per heavy atom. The quantitative estimate of drug-likeness (QED) is 0.764. The van der Waals surface area contributed by atoms with Crippen molar-refractivity contribution >= 4 is 0 Å². The fraction of sp³-hybridized carbons (Fsp3) is 0.538. The number of rotatable bonds is 1. The maximum Gasteiger partial charge on any atom is 0.0893 e. The van der Waals surface area contributed by atoms with Crippen LogP contribution in [0.2, 0.25) is 0 Å². The molecule has 0 radical (unpaired) electrons. The Kier molecular flexibility index (Phi) is 2.81. The molecule has 0 aromatic heterocycles. The van der Waals surface area contributed by atoms with E-state index >= 15 is 0 Å². The van der Waals surface area contributed by atoms with E-state index in [1.54, 1.807) is 0 Å². The first-order chi connectivity index (χ1) is 7.11. The van der Waals surface area contributed by atoms with Crippen LogP contribution >= 0.6 is 0 Å². The van der Waals surface area contributed by atoms with Crippen LogP contribution in [0.25, 0.3) is 0 Å². The van der Waals surface area contributed by atoms with Crippen molar-refractivity contribution in [3.63, 3.8) is 0 Å². The van der Waals surface area contributed by atoms with E-state index in [0.717, 1.165) is 13.0 Å². The van der Waals surface area contributed by atoms with Crippen LogP contribution in [0.5, 0.6) is 0 Å². The number of ether oxygens (including phenoxy) is 1. The smallest absolute Gasteiger partial charge is 0.0893 e. The number of hydrogen-bond donors (Lipinski definition) is 1. The summed E-state index contributed by atoms with van der Waals surface area (Å²) in [5.74, 6) is 0.204. The van der Waals surface area contributed by atoms with E-state index in [-0.39, 0.29) is 5.92 Å². The number of hydrogen-bond acceptors (Lipinski definition) is 2. The zero-order valence-corrected chi connectivity index (χ0v) is 9.31. The van der Waals surface area contributed by atoms with Gasteiger partial charge in [0.2, 0.25) is 0 Å². The maximum absolute atomic E-state index is 10.2. The predicted molar refractivity (Wildman–Crippen MR) is 59.8 cm³/mol. The van der Waals surface area contributed by atoms with Gasteiger partial charge in [-0.05, 0) is 25.8 Å². The van der Waals surface area contributed by atoms with Gasteiger partial charge in [-0.15, -0.1) is 0 Å². The van der Waals surface area contributed by atoms with Crippen molar-refractivity contribution in [1.29, 1.82) is 0 Å². The van der Waals surface area contributed by atoms with Crippen molar-refractivity contribution in [1.82, 2.24) is 0 Å². The van der Waals surface area contributed by atoms with Crippen molar-refractivity contribution in [3.8, 4) is 0 Å². The van der Waals surface area contributed by atoms with Gasteiger partial charge in [0, 0.05) is 12.5 Å². The molecule has 0 saturated carbocycles. The van der Waals surface area contributed by atoms with Crippen molar-refractivity contribution in [3.05, 3.63) is 35.9 Å². The lowest BCUT2D eigenvalue weighted by atomic mass is 9.81. The zero-order chi connectivity index (χ0) is 10.9. The second kappa shape index (κ2) is 3.95. The van der Waals surface area contributed by atoms with E-state index in [0.29, 0.717) is 0 Å². The molecule has 1 aliphatic rings. The van der Waals surface area contributed by atoms with E-state index in [4.69, 9.17) is 4.74 Å². The van der Waals surface area contributed by atoms with E-state index < -0.39 is 11.7 Å². The minimum Gasteiger partial charge on any atom is -0.390 e. The summed E-state index contributed by atoms with van der Waals surface area (Å²) < 4.78 is 5.58. The highest BCUT2D eigenvalue weighted by molar-refractivity contribution is 5.22. The highest BCUT2D eigenvalue weighted by atomic mass is 16.5. The van der Waals surface area contributed by atoms with Gasteiger partial charge in [-0.3, -0.25) is 0 Å². The zero-order valence-electron chi connectivity index (χ0n) is 9.31. The molecule has 1 aliphatic heterocycles. The van der Waals surface area contributed by atoms with Crippen LogP contribution in [-0.4, -0.2) is 23.4 Å². The lowest BCUT2D eigenvalue weighted by Crippen LogP contribution is -2.47. The van der Waals surface area contributed by atoms with Crippen LogP contribution in [0.3, 0.4) is 0 Å². The highest BCUT2D eigenvalue weighted by Crippen LogP contribution is 2.35. The van der Waals surface area contributed by atoms with Gasteiger partial charge in [-0.1, -0.05) is 30.3 Å². The first-order valence-corrected chi connectivity index (χ1v) is 5.48. The largest absolute Gasteiger partial charge is 0.390 e. The molecule has 1 aromatic carbocycles. The fourth-order valence-electron chi connectivity index (χ4n) is 2.23. The molecule has 0 aliphatic carbocycles. The summed E-state index contributed by atoms with van der Waals surface area (Å²) in [6, 6.07) is 10.2. The molecule has 0 bridgehead atoms. The number of aliphatic hydroxyl groups is 1. The summed E-state index contributed by atoms with van der Waals surface area (Å²) in [6.45, 7) is 4.63. The molecule has 2 heteroatoms. The topological polar surface area (TPSA) is 29.5 Å². The summed E-state index contributed by atoms with van der Waals surface area (Å²) in [5.41, 5.74) is 0.778. The van der Waals surface area contributed by atoms with Gasteiger partial charge in [0.25, 0.3) is 0 Å². The van der Waals surface area contributed by atoms with Crippen LogP contribution in [-0.2, 0) is 4.74 Å². The molecule has 1 N–H and O–H groups in total. The maximum atomic E-state index is 10.2. The molecular weight excluding hydrogens is 188 g/mol. The van der Waals surface area contributed by atoms with Crippen LogP contribution < -0.4 is 0 Å². The fourth-order valence-corrected chi connectivity index (χ4v) is 2.23. The second-order valence-electron chi connectivity index (χ2n) is 4.70. The van der Waals surface area contributed by atoms with Gasteiger partial charge in [0.15, 0.2) is 0 Å².